The van der Waals surface area contributed by atoms with E-state index in [0.29, 0.717) is 0 Å². The van der Waals surface area contributed by atoms with E-state index in [0.717, 1.165) is 77.7 Å². The Hall–Kier alpha value is -1.51. The van der Waals surface area contributed by atoms with Crippen molar-refractivity contribution in [2.75, 3.05) is 44.2 Å². The van der Waals surface area contributed by atoms with Gasteiger partial charge in [-0.1, -0.05) is 23.7 Å². The molecule has 0 radical (unpaired) electrons. The highest BCUT2D eigenvalue weighted by molar-refractivity contribution is 14.1. The van der Waals surface area contributed by atoms with Crippen LogP contribution < -0.4 is 9.64 Å². The van der Waals surface area contributed by atoms with E-state index in [2.05, 4.69) is 55.7 Å². The summed E-state index contributed by atoms with van der Waals surface area (Å²) in [6, 6.07) is 12.1. The summed E-state index contributed by atoms with van der Waals surface area (Å²) in [4.78, 5) is 4.92. The van der Waals surface area contributed by atoms with Crippen LogP contribution in [0, 0.1) is 3.57 Å². The molecule has 28 heavy (non-hydrogen) atoms. The fraction of sp³-hybridized carbons (Fsp3) is 0.381. The number of hydrogen-bond acceptors (Lipinski definition) is 4. The predicted octanol–water partition coefficient (Wildman–Crippen LogP) is 4.57. The highest BCUT2D eigenvalue weighted by Crippen LogP contribution is 2.26. The van der Waals surface area contributed by atoms with Gasteiger partial charge in [0.15, 0.2) is 0 Å². The van der Waals surface area contributed by atoms with Crippen molar-refractivity contribution < 1.29 is 4.74 Å². The number of hydrogen-bond donors (Lipinski definition) is 0. The topological polar surface area (TPSA) is 33.0 Å². The molecule has 3 aromatic rings. The summed E-state index contributed by atoms with van der Waals surface area (Å²) >= 11 is 8.62. The zero-order chi connectivity index (χ0) is 19.3. The number of ether oxygens (including phenoxy) is 1. The van der Waals surface area contributed by atoms with E-state index < -0.39 is 0 Å². The predicted molar refractivity (Wildman–Crippen MR) is 123 cm³/mol. The van der Waals surface area contributed by atoms with E-state index >= 15 is 0 Å². The maximum absolute atomic E-state index is 6.32. The lowest BCUT2D eigenvalue weighted by Crippen LogP contribution is -2.46. The Morgan fingerprint density at radius 1 is 1.07 bits per heavy atom. The van der Waals surface area contributed by atoms with Gasteiger partial charge in [0.25, 0.3) is 0 Å². The molecule has 1 fully saturated rings. The minimum absolute atomic E-state index is 0.750. The Kier molecular flexibility index (Phi) is 6.59. The smallest absolute Gasteiger partial charge is 0.123 e. The summed E-state index contributed by atoms with van der Waals surface area (Å²) in [7, 11) is 0. The number of pyridine rings is 1. The molecule has 5 nitrogen and oxygen atoms in total. The van der Waals surface area contributed by atoms with Crippen LogP contribution in [0.25, 0.3) is 5.52 Å². The molecule has 2 aromatic heterocycles. The van der Waals surface area contributed by atoms with Gasteiger partial charge in [0.05, 0.1) is 32.6 Å². The quantitative estimate of drug-likeness (QED) is 0.344. The Morgan fingerprint density at radius 2 is 1.89 bits per heavy atom. The second kappa shape index (κ2) is 9.33. The van der Waals surface area contributed by atoms with E-state index in [4.69, 9.17) is 16.3 Å². The van der Waals surface area contributed by atoms with Crippen LogP contribution in [-0.4, -0.2) is 53.8 Å². The molecule has 1 aliphatic heterocycles. The Labute approximate surface area is 184 Å². The second-order valence-corrected chi connectivity index (χ2v) is 8.59. The van der Waals surface area contributed by atoms with Crippen molar-refractivity contribution >= 4 is 45.4 Å². The van der Waals surface area contributed by atoms with Crippen molar-refractivity contribution in [3.8, 4) is 5.75 Å². The zero-order valence-electron chi connectivity index (χ0n) is 15.7. The summed E-state index contributed by atoms with van der Waals surface area (Å²) in [5, 5.41) is 5.13. The molecule has 0 atom stereocenters. The fourth-order valence-electron chi connectivity index (χ4n) is 3.57. The molecule has 0 spiro atoms. The number of benzene rings is 1. The van der Waals surface area contributed by atoms with E-state index in [1.54, 1.807) is 0 Å². The molecule has 148 valence electrons. The summed E-state index contributed by atoms with van der Waals surface area (Å²) in [6.45, 7) is 6.11. The molecular weight excluding hydrogens is 487 g/mol. The van der Waals surface area contributed by atoms with Crippen LogP contribution in [0.1, 0.15) is 12.8 Å². The number of piperazine rings is 1. The molecular formula is C21H24ClIN4O. The average Bonchev–Trinajstić information content (AvgIpc) is 3.09. The van der Waals surface area contributed by atoms with Gasteiger partial charge in [-0.2, -0.15) is 5.10 Å². The van der Waals surface area contributed by atoms with Crippen molar-refractivity contribution in [1.29, 1.82) is 0 Å². The number of rotatable bonds is 7. The Bertz CT molecular complexity index is 924. The van der Waals surface area contributed by atoms with Crippen molar-refractivity contribution in [2.24, 2.45) is 0 Å². The van der Waals surface area contributed by atoms with Crippen molar-refractivity contribution in [3.05, 3.63) is 57.4 Å². The number of anilines is 1. The van der Waals surface area contributed by atoms with Crippen LogP contribution in [0.4, 0.5) is 5.69 Å². The number of fused-ring (bicyclic) bond motifs is 1. The maximum Gasteiger partial charge on any atom is 0.123 e. The monoisotopic (exact) mass is 510 g/mol. The fourth-order valence-corrected chi connectivity index (χ4v) is 4.35. The molecule has 3 heterocycles. The third kappa shape index (κ3) is 4.72. The number of para-hydroxylation sites is 1. The lowest BCUT2D eigenvalue weighted by atomic mass is 10.2. The van der Waals surface area contributed by atoms with Gasteiger partial charge in [-0.05, 0) is 60.2 Å². The second-order valence-electron chi connectivity index (χ2n) is 7.02. The summed E-state index contributed by atoms with van der Waals surface area (Å²) < 4.78 is 8.94. The van der Waals surface area contributed by atoms with Gasteiger partial charge in [-0.3, -0.25) is 4.90 Å². The molecule has 1 saturated heterocycles. The van der Waals surface area contributed by atoms with Gasteiger partial charge in [-0.25, -0.2) is 4.52 Å². The summed E-state index contributed by atoms with van der Waals surface area (Å²) in [5.74, 6) is 0.916. The Morgan fingerprint density at radius 3 is 2.71 bits per heavy atom. The Balaban J connectivity index is 1.16. The SMILES string of the molecule is Clc1ccccc1N1CCN(CCCCOc2ccn3ncc(I)c3c2)CC1. The molecule has 4 rings (SSSR count). The van der Waals surface area contributed by atoms with Gasteiger partial charge in [-0.15, -0.1) is 0 Å². The zero-order valence-corrected chi connectivity index (χ0v) is 18.6. The van der Waals surface area contributed by atoms with Crippen LogP contribution in [0.3, 0.4) is 0 Å². The molecule has 0 amide bonds. The number of aromatic nitrogens is 2. The van der Waals surface area contributed by atoms with Gasteiger partial charge in [0.2, 0.25) is 0 Å². The standard InChI is InChI=1S/C21H24ClIN4O/c22-18-5-1-2-6-20(18)26-12-10-25(11-13-26)8-3-4-14-28-17-7-9-27-21(15-17)19(23)16-24-27/h1-2,5-7,9,15-16H,3-4,8,10-14H2. The molecule has 1 aromatic carbocycles. The third-order valence-electron chi connectivity index (χ3n) is 5.15. The first-order valence-electron chi connectivity index (χ1n) is 9.68. The molecule has 0 unspecified atom stereocenters. The lowest BCUT2D eigenvalue weighted by Gasteiger charge is -2.36. The van der Waals surface area contributed by atoms with E-state index in [-0.39, 0.29) is 0 Å². The number of halogens is 2. The largest absolute Gasteiger partial charge is 0.493 e. The number of nitrogens with zero attached hydrogens (tertiary/aromatic N) is 4. The molecule has 1 aliphatic rings. The van der Waals surface area contributed by atoms with E-state index in [1.165, 1.54) is 0 Å². The highest BCUT2D eigenvalue weighted by atomic mass is 127. The van der Waals surface area contributed by atoms with Crippen LogP contribution in [0.2, 0.25) is 5.02 Å². The first-order valence-corrected chi connectivity index (χ1v) is 11.1. The first-order chi connectivity index (χ1) is 13.7. The maximum atomic E-state index is 6.32. The molecule has 0 aliphatic carbocycles. The molecule has 7 heteroatoms. The van der Waals surface area contributed by atoms with Gasteiger partial charge in [0, 0.05) is 38.4 Å². The third-order valence-corrected chi connectivity index (χ3v) is 6.30. The molecule has 0 N–H and O–H groups in total. The minimum atomic E-state index is 0.750. The number of unbranched alkanes of at least 4 members (excludes halogenated alkanes) is 1. The van der Waals surface area contributed by atoms with E-state index in [1.807, 2.05) is 35.1 Å². The summed E-state index contributed by atoms with van der Waals surface area (Å²) in [5.41, 5.74) is 2.25. The van der Waals surface area contributed by atoms with Crippen molar-refractivity contribution in [3.63, 3.8) is 0 Å². The van der Waals surface area contributed by atoms with E-state index in [9.17, 15) is 0 Å². The van der Waals surface area contributed by atoms with Gasteiger partial charge < -0.3 is 9.64 Å². The molecule has 0 saturated carbocycles. The summed E-state index contributed by atoms with van der Waals surface area (Å²) in [6.07, 6.45) is 6.03. The lowest BCUT2D eigenvalue weighted by molar-refractivity contribution is 0.238. The van der Waals surface area contributed by atoms with Crippen LogP contribution in [0.15, 0.2) is 48.8 Å². The first kappa shape index (κ1) is 19.8. The molecule has 0 bridgehead atoms. The van der Waals surface area contributed by atoms with Gasteiger partial charge in [0.1, 0.15) is 5.75 Å². The van der Waals surface area contributed by atoms with Crippen LogP contribution in [-0.2, 0) is 0 Å². The highest BCUT2D eigenvalue weighted by Gasteiger charge is 2.18. The van der Waals surface area contributed by atoms with Crippen LogP contribution in [0.5, 0.6) is 5.75 Å². The van der Waals surface area contributed by atoms with Crippen molar-refractivity contribution in [2.45, 2.75) is 12.8 Å². The normalized spacial score (nSPS) is 15.3. The minimum Gasteiger partial charge on any atom is -0.493 e. The van der Waals surface area contributed by atoms with Crippen molar-refractivity contribution in [1.82, 2.24) is 14.5 Å². The van der Waals surface area contributed by atoms with Crippen LogP contribution >= 0.6 is 34.2 Å². The van der Waals surface area contributed by atoms with Gasteiger partial charge >= 0.3 is 0 Å². The average molecular weight is 511 g/mol.